The molecule has 1 amide bonds. The summed E-state index contributed by atoms with van der Waals surface area (Å²) in [6.07, 6.45) is 2.11. The van der Waals surface area contributed by atoms with Crippen LogP contribution in [0, 0.1) is 12.3 Å². The highest BCUT2D eigenvalue weighted by molar-refractivity contribution is 5.93. The summed E-state index contributed by atoms with van der Waals surface area (Å²) in [5.74, 6) is -0.788. The Kier molecular flexibility index (Phi) is 3.91. The minimum atomic E-state index is -0.725. The molecule has 2 fully saturated rings. The van der Waals surface area contributed by atoms with Gasteiger partial charge in [-0.25, -0.2) is 0 Å². The third-order valence-corrected chi connectivity index (χ3v) is 5.46. The number of likely N-dealkylation sites (tertiary alicyclic amines) is 2. The maximum absolute atomic E-state index is 12.8. The predicted molar refractivity (Wildman–Crippen MR) is 84.2 cm³/mol. The van der Waals surface area contributed by atoms with Gasteiger partial charge >= 0.3 is 5.97 Å². The molecular weight excluding hydrogens is 296 g/mol. The van der Waals surface area contributed by atoms with Gasteiger partial charge in [0.1, 0.15) is 5.69 Å². The molecule has 7 heteroatoms. The minimum Gasteiger partial charge on any atom is -0.481 e. The van der Waals surface area contributed by atoms with E-state index in [-0.39, 0.29) is 11.9 Å². The number of carbonyl (C=O) groups excluding carboxylic acids is 1. The largest absolute Gasteiger partial charge is 0.481 e. The molecule has 0 saturated carbocycles. The first kappa shape index (κ1) is 16.0. The maximum atomic E-state index is 12.8. The zero-order chi connectivity index (χ0) is 16.8. The number of amides is 1. The number of likely N-dealkylation sites (N-methyl/N-ethyl adjacent to an activating group) is 1. The Morgan fingerprint density at radius 3 is 2.65 bits per heavy atom. The number of rotatable bonds is 2. The van der Waals surface area contributed by atoms with Crippen LogP contribution in [0.3, 0.4) is 0 Å². The third kappa shape index (κ3) is 2.52. The van der Waals surface area contributed by atoms with Crippen LogP contribution in [0.25, 0.3) is 0 Å². The Labute approximate surface area is 135 Å². The molecule has 126 valence electrons. The van der Waals surface area contributed by atoms with Crippen LogP contribution in [0.5, 0.6) is 0 Å². The Morgan fingerprint density at radius 1 is 1.30 bits per heavy atom. The van der Waals surface area contributed by atoms with Crippen molar-refractivity contribution < 1.29 is 14.7 Å². The van der Waals surface area contributed by atoms with Gasteiger partial charge in [-0.15, -0.1) is 0 Å². The third-order valence-electron chi connectivity index (χ3n) is 5.46. The molecule has 0 unspecified atom stereocenters. The van der Waals surface area contributed by atoms with Crippen LogP contribution in [0.15, 0.2) is 6.07 Å². The van der Waals surface area contributed by atoms with Gasteiger partial charge in [-0.1, -0.05) is 0 Å². The lowest BCUT2D eigenvalue weighted by atomic mass is 9.68. The van der Waals surface area contributed by atoms with Crippen LogP contribution in [0.1, 0.15) is 35.4 Å². The summed E-state index contributed by atoms with van der Waals surface area (Å²) >= 11 is 0. The second-order valence-electron chi connectivity index (χ2n) is 6.86. The van der Waals surface area contributed by atoms with E-state index in [9.17, 15) is 14.7 Å². The molecule has 0 spiro atoms. The number of carboxylic acid groups (broad SMARTS) is 1. The summed E-state index contributed by atoms with van der Waals surface area (Å²) in [7, 11) is 3.72. The van der Waals surface area contributed by atoms with E-state index in [1.807, 2.05) is 14.0 Å². The monoisotopic (exact) mass is 320 g/mol. The zero-order valence-electron chi connectivity index (χ0n) is 13.9. The fourth-order valence-corrected chi connectivity index (χ4v) is 4.14. The van der Waals surface area contributed by atoms with E-state index in [4.69, 9.17) is 0 Å². The first-order valence-corrected chi connectivity index (χ1v) is 8.09. The summed E-state index contributed by atoms with van der Waals surface area (Å²) in [6, 6.07) is 1.66. The summed E-state index contributed by atoms with van der Waals surface area (Å²) in [4.78, 5) is 28.6. The van der Waals surface area contributed by atoms with Crippen LogP contribution in [0.2, 0.25) is 0 Å². The molecule has 2 saturated heterocycles. The number of hydrogen-bond donors (Lipinski definition) is 1. The lowest BCUT2D eigenvalue weighted by molar-refractivity contribution is -0.161. The summed E-state index contributed by atoms with van der Waals surface area (Å²) in [5.41, 5.74) is 0.651. The number of carboxylic acids is 1. The van der Waals surface area contributed by atoms with Crippen molar-refractivity contribution in [3.63, 3.8) is 0 Å². The van der Waals surface area contributed by atoms with E-state index >= 15 is 0 Å². The van der Waals surface area contributed by atoms with Crippen molar-refractivity contribution >= 4 is 11.9 Å². The van der Waals surface area contributed by atoms with Crippen molar-refractivity contribution in [2.24, 2.45) is 12.5 Å². The SMILES string of the molecule is Cc1cc(C(=O)N2CC[C@@]3(C(=O)O)CCCN(C)[C@@H]3C2)n(C)n1. The van der Waals surface area contributed by atoms with Gasteiger partial charge in [-0.2, -0.15) is 5.10 Å². The molecule has 1 aromatic rings. The summed E-state index contributed by atoms with van der Waals surface area (Å²) < 4.78 is 1.60. The normalized spacial score (nSPS) is 28.5. The van der Waals surface area contributed by atoms with Gasteiger partial charge in [0.05, 0.1) is 11.1 Å². The van der Waals surface area contributed by atoms with Crippen molar-refractivity contribution in [1.82, 2.24) is 19.6 Å². The van der Waals surface area contributed by atoms with Crippen LogP contribution in [0.4, 0.5) is 0 Å². The van der Waals surface area contributed by atoms with Crippen molar-refractivity contribution in [2.45, 2.75) is 32.2 Å². The molecule has 3 rings (SSSR count). The van der Waals surface area contributed by atoms with Gasteiger partial charge in [-0.05, 0) is 45.8 Å². The number of aryl methyl sites for hydroxylation is 2. The second kappa shape index (κ2) is 5.63. The van der Waals surface area contributed by atoms with Crippen LogP contribution in [-0.4, -0.2) is 69.3 Å². The first-order chi connectivity index (χ1) is 10.8. The van der Waals surface area contributed by atoms with Crippen LogP contribution >= 0.6 is 0 Å². The number of nitrogens with zero attached hydrogens (tertiary/aromatic N) is 4. The fourth-order valence-electron chi connectivity index (χ4n) is 4.14. The molecule has 1 N–H and O–H groups in total. The van der Waals surface area contributed by atoms with E-state index in [1.54, 1.807) is 22.7 Å². The molecule has 1 aromatic heterocycles. The zero-order valence-corrected chi connectivity index (χ0v) is 13.9. The van der Waals surface area contributed by atoms with Crippen molar-refractivity contribution in [3.05, 3.63) is 17.5 Å². The second-order valence-corrected chi connectivity index (χ2v) is 6.86. The quantitative estimate of drug-likeness (QED) is 0.869. The van der Waals surface area contributed by atoms with Crippen molar-refractivity contribution in [2.75, 3.05) is 26.7 Å². The van der Waals surface area contributed by atoms with Gasteiger partial charge in [0.15, 0.2) is 0 Å². The molecule has 0 aliphatic carbocycles. The molecule has 0 bridgehead atoms. The van der Waals surface area contributed by atoms with E-state index in [0.29, 0.717) is 31.6 Å². The number of carbonyl (C=O) groups is 2. The Bertz CT molecular complexity index is 641. The number of fused-ring (bicyclic) bond motifs is 1. The van der Waals surface area contributed by atoms with Crippen molar-refractivity contribution in [1.29, 1.82) is 0 Å². The number of aromatic nitrogens is 2. The smallest absolute Gasteiger partial charge is 0.311 e. The molecule has 2 aliphatic rings. The van der Waals surface area contributed by atoms with Crippen LogP contribution < -0.4 is 0 Å². The Hall–Kier alpha value is -1.89. The van der Waals surface area contributed by atoms with Gasteiger partial charge in [0, 0.05) is 26.2 Å². The first-order valence-electron chi connectivity index (χ1n) is 8.09. The fraction of sp³-hybridized carbons (Fsp3) is 0.688. The molecular formula is C16H24N4O3. The number of hydrogen-bond acceptors (Lipinski definition) is 4. The molecule has 23 heavy (non-hydrogen) atoms. The van der Waals surface area contributed by atoms with Gasteiger partial charge in [0.2, 0.25) is 0 Å². The Morgan fingerprint density at radius 2 is 2.04 bits per heavy atom. The van der Waals surface area contributed by atoms with Gasteiger partial charge in [-0.3, -0.25) is 14.3 Å². The molecule has 2 atom stereocenters. The minimum absolute atomic E-state index is 0.0638. The molecule has 2 aliphatic heterocycles. The molecule has 7 nitrogen and oxygen atoms in total. The summed E-state index contributed by atoms with van der Waals surface area (Å²) in [6.45, 7) is 3.69. The summed E-state index contributed by atoms with van der Waals surface area (Å²) in [5, 5.41) is 14.0. The topological polar surface area (TPSA) is 78.7 Å². The standard InChI is InChI=1S/C16H24N4O3/c1-11-9-12(19(3)17-11)14(21)20-8-6-16(15(22)23)5-4-7-18(2)13(16)10-20/h9,13H,4-8,10H2,1-3H3,(H,22,23)/t13-,16+/m1/s1. The number of piperidine rings is 2. The number of aliphatic carboxylic acids is 1. The van der Waals surface area contributed by atoms with Gasteiger partial charge in [0.25, 0.3) is 5.91 Å². The highest BCUT2D eigenvalue weighted by Crippen LogP contribution is 2.42. The molecule has 0 radical (unpaired) electrons. The van der Waals surface area contributed by atoms with E-state index in [0.717, 1.165) is 18.7 Å². The maximum Gasteiger partial charge on any atom is 0.311 e. The van der Waals surface area contributed by atoms with Crippen LogP contribution in [-0.2, 0) is 11.8 Å². The van der Waals surface area contributed by atoms with Gasteiger partial charge < -0.3 is 14.9 Å². The molecule has 0 aromatic carbocycles. The lowest BCUT2D eigenvalue weighted by Gasteiger charge is -2.51. The lowest BCUT2D eigenvalue weighted by Crippen LogP contribution is -2.63. The average molecular weight is 320 g/mol. The van der Waals surface area contributed by atoms with E-state index in [2.05, 4.69) is 10.00 Å². The highest BCUT2D eigenvalue weighted by Gasteiger charge is 2.52. The predicted octanol–water partition coefficient (Wildman–Crippen LogP) is 0.740. The molecule has 3 heterocycles. The highest BCUT2D eigenvalue weighted by atomic mass is 16.4. The Balaban J connectivity index is 1.84. The van der Waals surface area contributed by atoms with E-state index < -0.39 is 11.4 Å². The average Bonchev–Trinajstić information content (AvgIpc) is 2.85. The van der Waals surface area contributed by atoms with Crippen molar-refractivity contribution in [3.8, 4) is 0 Å². The van der Waals surface area contributed by atoms with E-state index in [1.165, 1.54) is 0 Å².